The first kappa shape index (κ1) is 19.1. The largest absolute Gasteiger partial charge is 0.492 e. The van der Waals surface area contributed by atoms with Crippen LogP contribution in [0, 0.1) is 0 Å². The molecule has 0 heterocycles. The average Bonchev–Trinajstić information content (AvgIpc) is 2.65. The number of benzene rings is 2. The Balaban J connectivity index is 1.86. The summed E-state index contributed by atoms with van der Waals surface area (Å²) in [5.74, 6) is 0.636. The van der Waals surface area contributed by atoms with E-state index >= 15 is 0 Å². The Morgan fingerprint density at radius 2 is 1.77 bits per heavy atom. The standard InChI is InChI=1S/C21H23Cl2NO2/c1-2-26-19-11-10-17(14-18(19)23)24-20(25)21(12-4-3-5-13-21)15-6-8-16(22)9-7-15/h6-11,14H,2-5,12-13H2,1H3,(H,24,25). The van der Waals surface area contributed by atoms with Crippen molar-refractivity contribution < 1.29 is 9.53 Å². The summed E-state index contributed by atoms with van der Waals surface area (Å²) in [5.41, 5.74) is 1.19. The Morgan fingerprint density at radius 1 is 1.08 bits per heavy atom. The van der Waals surface area contributed by atoms with Gasteiger partial charge in [-0.05, 0) is 55.7 Å². The number of carbonyl (C=O) groups is 1. The van der Waals surface area contributed by atoms with E-state index in [0.29, 0.717) is 28.1 Å². The zero-order valence-electron chi connectivity index (χ0n) is 14.9. The van der Waals surface area contributed by atoms with Crippen LogP contribution in [-0.4, -0.2) is 12.5 Å². The van der Waals surface area contributed by atoms with Crippen molar-refractivity contribution in [1.29, 1.82) is 0 Å². The van der Waals surface area contributed by atoms with Gasteiger partial charge in [0.05, 0.1) is 17.0 Å². The van der Waals surface area contributed by atoms with Gasteiger partial charge in [-0.15, -0.1) is 0 Å². The molecular weight excluding hydrogens is 369 g/mol. The van der Waals surface area contributed by atoms with E-state index in [-0.39, 0.29) is 5.91 Å². The molecule has 1 aliphatic rings. The van der Waals surface area contributed by atoms with E-state index < -0.39 is 5.41 Å². The lowest BCUT2D eigenvalue weighted by Crippen LogP contribution is -2.42. The summed E-state index contributed by atoms with van der Waals surface area (Å²) in [4.78, 5) is 13.3. The molecule has 0 saturated heterocycles. The van der Waals surface area contributed by atoms with E-state index in [1.165, 1.54) is 0 Å². The zero-order chi connectivity index (χ0) is 18.6. The number of amides is 1. The number of nitrogens with one attached hydrogen (secondary N) is 1. The topological polar surface area (TPSA) is 38.3 Å². The van der Waals surface area contributed by atoms with Crippen LogP contribution in [0.4, 0.5) is 5.69 Å². The van der Waals surface area contributed by atoms with Crippen LogP contribution in [-0.2, 0) is 10.2 Å². The molecule has 3 nitrogen and oxygen atoms in total. The predicted octanol–water partition coefficient (Wildman–Crippen LogP) is 6.23. The van der Waals surface area contributed by atoms with Crippen molar-refractivity contribution in [2.24, 2.45) is 0 Å². The molecule has 1 saturated carbocycles. The van der Waals surface area contributed by atoms with Gasteiger partial charge in [-0.25, -0.2) is 0 Å². The molecule has 2 aromatic rings. The Morgan fingerprint density at radius 3 is 2.38 bits per heavy atom. The summed E-state index contributed by atoms with van der Waals surface area (Å²) in [7, 11) is 0. The monoisotopic (exact) mass is 391 g/mol. The number of carbonyl (C=O) groups excluding carboxylic acids is 1. The van der Waals surface area contributed by atoms with Crippen LogP contribution < -0.4 is 10.1 Å². The van der Waals surface area contributed by atoms with Gasteiger partial charge in [-0.1, -0.05) is 54.6 Å². The highest BCUT2D eigenvalue weighted by Crippen LogP contribution is 2.41. The fourth-order valence-electron chi connectivity index (χ4n) is 3.67. The third kappa shape index (κ3) is 3.99. The van der Waals surface area contributed by atoms with Gasteiger partial charge in [0.15, 0.2) is 0 Å². The Kier molecular flexibility index (Phi) is 6.10. The first-order chi connectivity index (χ1) is 12.5. The van der Waals surface area contributed by atoms with Crippen molar-refractivity contribution in [3.8, 4) is 5.75 Å². The van der Waals surface area contributed by atoms with Crippen molar-refractivity contribution in [2.45, 2.75) is 44.4 Å². The summed E-state index contributed by atoms with van der Waals surface area (Å²) in [6.07, 6.45) is 4.92. The normalized spacial score (nSPS) is 16.1. The van der Waals surface area contributed by atoms with Crippen LogP contribution in [0.5, 0.6) is 5.75 Å². The second-order valence-electron chi connectivity index (χ2n) is 6.68. The first-order valence-electron chi connectivity index (χ1n) is 9.05. The molecule has 0 unspecified atom stereocenters. The molecule has 0 aromatic heterocycles. The van der Waals surface area contributed by atoms with Gasteiger partial charge in [0.25, 0.3) is 0 Å². The van der Waals surface area contributed by atoms with Gasteiger partial charge >= 0.3 is 0 Å². The molecule has 3 rings (SSSR count). The van der Waals surface area contributed by atoms with E-state index in [0.717, 1.165) is 37.7 Å². The second-order valence-corrected chi connectivity index (χ2v) is 7.53. The van der Waals surface area contributed by atoms with Gasteiger partial charge in [0, 0.05) is 10.7 Å². The van der Waals surface area contributed by atoms with Crippen molar-refractivity contribution in [3.63, 3.8) is 0 Å². The minimum atomic E-state index is -0.520. The molecule has 0 bridgehead atoms. The molecule has 1 N–H and O–H groups in total. The lowest BCUT2D eigenvalue weighted by molar-refractivity contribution is -0.122. The van der Waals surface area contributed by atoms with E-state index in [4.69, 9.17) is 27.9 Å². The van der Waals surface area contributed by atoms with E-state index in [1.54, 1.807) is 12.1 Å². The second kappa shape index (κ2) is 8.32. The minimum absolute atomic E-state index is 0.0137. The van der Waals surface area contributed by atoms with Gasteiger partial charge < -0.3 is 10.1 Å². The molecule has 1 fully saturated rings. The third-order valence-corrected chi connectivity index (χ3v) is 5.58. The van der Waals surface area contributed by atoms with Gasteiger partial charge in [0.1, 0.15) is 5.75 Å². The van der Waals surface area contributed by atoms with Crippen molar-refractivity contribution >= 4 is 34.8 Å². The van der Waals surface area contributed by atoms with Crippen LogP contribution in [0.15, 0.2) is 42.5 Å². The average molecular weight is 392 g/mol. The summed E-state index contributed by atoms with van der Waals surface area (Å²) < 4.78 is 5.46. The quantitative estimate of drug-likeness (QED) is 0.655. The first-order valence-corrected chi connectivity index (χ1v) is 9.80. The Hall–Kier alpha value is -1.71. The summed E-state index contributed by atoms with van der Waals surface area (Å²) in [6, 6.07) is 13.0. The highest BCUT2D eigenvalue weighted by Gasteiger charge is 2.41. The maximum Gasteiger partial charge on any atom is 0.235 e. The number of rotatable bonds is 5. The number of anilines is 1. The van der Waals surface area contributed by atoms with Gasteiger partial charge in [0.2, 0.25) is 5.91 Å². The maximum atomic E-state index is 13.3. The number of ether oxygens (including phenoxy) is 1. The molecule has 0 spiro atoms. The van der Waals surface area contributed by atoms with E-state index in [9.17, 15) is 4.79 Å². The molecule has 2 aromatic carbocycles. The summed E-state index contributed by atoms with van der Waals surface area (Å²) >= 11 is 12.3. The molecule has 1 amide bonds. The molecule has 0 aliphatic heterocycles. The Bertz CT molecular complexity index is 768. The van der Waals surface area contributed by atoms with Gasteiger partial charge in [-0.2, -0.15) is 0 Å². The van der Waals surface area contributed by atoms with Gasteiger partial charge in [-0.3, -0.25) is 4.79 Å². The number of halogens is 2. The molecule has 0 radical (unpaired) electrons. The smallest absolute Gasteiger partial charge is 0.235 e. The highest BCUT2D eigenvalue weighted by atomic mass is 35.5. The predicted molar refractivity (Wildman–Crippen MR) is 107 cm³/mol. The third-order valence-electron chi connectivity index (χ3n) is 5.03. The summed E-state index contributed by atoms with van der Waals surface area (Å²) in [5, 5.41) is 4.24. The molecule has 5 heteroatoms. The van der Waals surface area contributed by atoms with Crippen LogP contribution in [0.25, 0.3) is 0 Å². The lowest BCUT2D eigenvalue weighted by Gasteiger charge is -2.36. The fraction of sp³-hybridized carbons (Fsp3) is 0.381. The highest BCUT2D eigenvalue weighted by molar-refractivity contribution is 6.32. The molecule has 138 valence electrons. The molecule has 0 atom stereocenters. The molecule has 1 aliphatic carbocycles. The fourth-order valence-corrected chi connectivity index (χ4v) is 4.03. The Labute approximate surface area is 164 Å². The van der Waals surface area contributed by atoms with Crippen LogP contribution in [0.1, 0.15) is 44.6 Å². The van der Waals surface area contributed by atoms with Crippen molar-refractivity contribution in [3.05, 3.63) is 58.1 Å². The molecular formula is C21H23Cl2NO2. The van der Waals surface area contributed by atoms with Crippen LogP contribution in [0.3, 0.4) is 0 Å². The van der Waals surface area contributed by atoms with Crippen LogP contribution in [0.2, 0.25) is 10.0 Å². The SMILES string of the molecule is CCOc1ccc(NC(=O)C2(c3ccc(Cl)cc3)CCCCC2)cc1Cl. The number of hydrogen-bond acceptors (Lipinski definition) is 2. The lowest BCUT2D eigenvalue weighted by atomic mass is 9.68. The van der Waals surface area contributed by atoms with Crippen LogP contribution >= 0.6 is 23.2 Å². The zero-order valence-corrected chi connectivity index (χ0v) is 16.4. The number of hydrogen-bond donors (Lipinski definition) is 1. The minimum Gasteiger partial charge on any atom is -0.492 e. The van der Waals surface area contributed by atoms with E-state index in [1.807, 2.05) is 37.3 Å². The maximum absolute atomic E-state index is 13.3. The molecule has 26 heavy (non-hydrogen) atoms. The van der Waals surface area contributed by atoms with Crippen molar-refractivity contribution in [2.75, 3.05) is 11.9 Å². The van der Waals surface area contributed by atoms with Crippen molar-refractivity contribution in [1.82, 2.24) is 0 Å². The van der Waals surface area contributed by atoms with E-state index in [2.05, 4.69) is 5.32 Å². The summed E-state index contributed by atoms with van der Waals surface area (Å²) in [6.45, 7) is 2.45.